The molecular weight excluding hydrogens is 447 g/mol. The van der Waals surface area contributed by atoms with Crippen LogP contribution in [0, 0.1) is 5.82 Å². The maximum atomic E-state index is 15.1. The number of imidazole rings is 1. The first-order valence-corrected chi connectivity index (χ1v) is 10.3. The van der Waals surface area contributed by atoms with E-state index in [0.29, 0.717) is 34.2 Å². The molecule has 4 aromatic heterocycles. The van der Waals surface area contributed by atoms with Crippen molar-refractivity contribution in [2.24, 2.45) is 7.05 Å². The molecule has 0 aliphatic carbocycles. The number of rotatable bonds is 6. The van der Waals surface area contributed by atoms with Gasteiger partial charge in [-0.3, -0.25) is 9.67 Å². The average Bonchev–Trinajstić information content (AvgIpc) is 3.49. The monoisotopic (exact) mass is 464 g/mol. The lowest BCUT2D eigenvalue weighted by Gasteiger charge is -2.25. The van der Waals surface area contributed by atoms with E-state index in [9.17, 15) is 0 Å². The third kappa shape index (κ3) is 3.96. The number of nitrogens with zero attached hydrogens (tertiary/aromatic N) is 7. The predicted molar refractivity (Wildman–Crippen MR) is 122 cm³/mol. The number of anilines is 2. The number of pyridine rings is 1. The van der Waals surface area contributed by atoms with Gasteiger partial charge in [-0.2, -0.15) is 5.10 Å². The number of H-pyrrole nitrogens is 1. The molecule has 0 spiro atoms. The maximum Gasteiger partial charge on any atom is 0.180 e. The molecule has 0 unspecified atom stereocenters. The van der Waals surface area contributed by atoms with Gasteiger partial charge >= 0.3 is 0 Å². The zero-order valence-electron chi connectivity index (χ0n) is 17.7. The summed E-state index contributed by atoms with van der Waals surface area (Å²) >= 11 is 6.52. The Balaban J connectivity index is 1.65. The number of aromatic nitrogens is 7. The topological polar surface area (TPSA) is 97.6 Å². The van der Waals surface area contributed by atoms with Gasteiger partial charge in [0.05, 0.1) is 31.7 Å². The summed E-state index contributed by atoms with van der Waals surface area (Å²) in [5.41, 5.74) is 2.56. The minimum absolute atomic E-state index is 0.121. The van der Waals surface area contributed by atoms with Crippen LogP contribution in [-0.2, 0) is 13.6 Å². The Labute approximate surface area is 192 Å². The van der Waals surface area contributed by atoms with E-state index in [1.54, 1.807) is 46.5 Å². The predicted octanol–water partition coefficient (Wildman–Crippen LogP) is 4.29. The van der Waals surface area contributed by atoms with Gasteiger partial charge in [0.1, 0.15) is 39.4 Å². The summed E-state index contributed by atoms with van der Waals surface area (Å²) in [7, 11) is 3.30. The van der Waals surface area contributed by atoms with Crippen LogP contribution in [0.5, 0.6) is 5.75 Å². The first-order valence-electron chi connectivity index (χ1n) is 9.94. The number of aromatic amines is 1. The van der Waals surface area contributed by atoms with Gasteiger partial charge < -0.3 is 14.6 Å². The van der Waals surface area contributed by atoms with Crippen molar-refractivity contribution in [2.45, 2.75) is 6.54 Å². The summed E-state index contributed by atoms with van der Waals surface area (Å²) in [6.45, 7) is 0.186. The van der Waals surface area contributed by atoms with Gasteiger partial charge in [-0.05, 0) is 24.3 Å². The summed E-state index contributed by atoms with van der Waals surface area (Å²) in [5.74, 6) is 0.845. The first-order chi connectivity index (χ1) is 16.0. The Morgan fingerprint density at radius 1 is 1.15 bits per heavy atom. The fraction of sp³-hybridized carbons (Fsp3) is 0.136. The molecule has 5 rings (SSSR count). The first kappa shape index (κ1) is 20.8. The van der Waals surface area contributed by atoms with Crippen LogP contribution in [-0.4, -0.2) is 41.8 Å². The van der Waals surface area contributed by atoms with Gasteiger partial charge in [-0.15, -0.1) is 0 Å². The normalized spacial score (nSPS) is 11.2. The van der Waals surface area contributed by atoms with Gasteiger partial charge in [0.25, 0.3) is 0 Å². The summed E-state index contributed by atoms with van der Waals surface area (Å²) in [5, 5.41) is 4.30. The zero-order chi connectivity index (χ0) is 22.9. The lowest BCUT2D eigenvalue weighted by Crippen LogP contribution is -2.20. The van der Waals surface area contributed by atoms with Crippen molar-refractivity contribution in [3.8, 4) is 17.0 Å². The highest BCUT2D eigenvalue weighted by atomic mass is 35.5. The lowest BCUT2D eigenvalue weighted by molar-refractivity contribution is 0.414. The van der Waals surface area contributed by atoms with E-state index >= 15 is 4.39 Å². The number of methoxy groups -OCH3 is 1. The Morgan fingerprint density at radius 2 is 2.03 bits per heavy atom. The van der Waals surface area contributed by atoms with E-state index in [4.69, 9.17) is 16.3 Å². The molecular formula is C22H18ClFN8O. The molecule has 166 valence electrons. The zero-order valence-corrected chi connectivity index (χ0v) is 18.5. The van der Waals surface area contributed by atoms with E-state index in [0.717, 1.165) is 5.56 Å². The van der Waals surface area contributed by atoms with Crippen LogP contribution in [0.15, 0.2) is 55.2 Å². The van der Waals surface area contributed by atoms with Crippen molar-refractivity contribution in [1.82, 2.24) is 34.7 Å². The summed E-state index contributed by atoms with van der Waals surface area (Å²) in [4.78, 5) is 22.7. The molecule has 11 heteroatoms. The van der Waals surface area contributed by atoms with Crippen molar-refractivity contribution in [3.05, 3.63) is 71.9 Å². The average molecular weight is 465 g/mol. The summed E-state index contributed by atoms with van der Waals surface area (Å²) < 4.78 is 22.0. The second-order valence-corrected chi connectivity index (χ2v) is 7.58. The molecule has 0 atom stereocenters. The lowest BCUT2D eigenvalue weighted by atomic mass is 10.2. The summed E-state index contributed by atoms with van der Waals surface area (Å²) in [6, 6.07) is 6.29. The molecule has 0 saturated heterocycles. The van der Waals surface area contributed by atoms with Gasteiger partial charge in [0.15, 0.2) is 5.65 Å². The van der Waals surface area contributed by atoms with Gasteiger partial charge in [-0.25, -0.2) is 19.3 Å². The standard InChI is InChI=1S/C22H18ClFN8O/c1-31-11-13(9-28-31)16-10-27-15-4-6-19(30-22(15)29-16)32(12-18-25-7-8-26-18)21-14(24)3-5-17(33-2)20(21)23/h3-11H,12H2,1-2H3,(H,25,26). The van der Waals surface area contributed by atoms with Crippen LogP contribution in [0.3, 0.4) is 0 Å². The highest BCUT2D eigenvalue weighted by molar-refractivity contribution is 6.35. The molecule has 33 heavy (non-hydrogen) atoms. The molecule has 0 radical (unpaired) electrons. The molecule has 4 heterocycles. The molecule has 0 bridgehead atoms. The minimum Gasteiger partial charge on any atom is -0.495 e. The van der Waals surface area contributed by atoms with Crippen LogP contribution >= 0.6 is 11.6 Å². The highest BCUT2D eigenvalue weighted by Gasteiger charge is 2.23. The van der Waals surface area contributed by atoms with Crippen molar-refractivity contribution < 1.29 is 9.13 Å². The van der Waals surface area contributed by atoms with Crippen molar-refractivity contribution in [1.29, 1.82) is 0 Å². The third-order valence-corrected chi connectivity index (χ3v) is 5.42. The van der Waals surface area contributed by atoms with Gasteiger partial charge in [0.2, 0.25) is 0 Å². The molecule has 0 saturated carbocycles. The number of hydrogen-bond donors (Lipinski definition) is 1. The van der Waals surface area contributed by atoms with Crippen LogP contribution in [0.2, 0.25) is 5.02 Å². The third-order valence-electron chi connectivity index (χ3n) is 5.05. The molecule has 9 nitrogen and oxygen atoms in total. The van der Waals surface area contributed by atoms with E-state index in [2.05, 4.69) is 30.0 Å². The Kier molecular flexibility index (Phi) is 5.35. The second-order valence-electron chi connectivity index (χ2n) is 7.20. The Morgan fingerprint density at radius 3 is 2.76 bits per heavy atom. The van der Waals surface area contributed by atoms with Crippen LogP contribution in [0.25, 0.3) is 22.4 Å². The molecule has 0 amide bonds. The van der Waals surface area contributed by atoms with Crippen molar-refractivity contribution >= 4 is 34.3 Å². The summed E-state index contributed by atoms with van der Waals surface area (Å²) in [6.07, 6.45) is 8.52. The van der Waals surface area contributed by atoms with E-state index in [-0.39, 0.29) is 17.3 Å². The van der Waals surface area contributed by atoms with E-state index in [1.807, 2.05) is 13.2 Å². The second kappa shape index (κ2) is 8.47. The fourth-order valence-corrected chi connectivity index (χ4v) is 3.80. The van der Waals surface area contributed by atoms with Crippen LogP contribution in [0.1, 0.15) is 5.82 Å². The quantitative estimate of drug-likeness (QED) is 0.400. The number of nitrogens with one attached hydrogen (secondary N) is 1. The van der Waals surface area contributed by atoms with Gasteiger partial charge in [0, 0.05) is 31.2 Å². The van der Waals surface area contributed by atoms with Crippen LogP contribution < -0.4 is 9.64 Å². The number of benzene rings is 1. The Bertz CT molecular complexity index is 1440. The number of fused-ring (bicyclic) bond motifs is 1. The Hall–Kier alpha value is -4.05. The van der Waals surface area contributed by atoms with Crippen LogP contribution in [0.4, 0.5) is 15.9 Å². The SMILES string of the molecule is COc1ccc(F)c(N(Cc2ncc[nH]2)c2ccc3ncc(-c4cnn(C)c4)nc3n2)c1Cl. The van der Waals surface area contributed by atoms with Gasteiger partial charge in [-0.1, -0.05) is 11.6 Å². The molecule has 0 aliphatic heterocycles. The maximum absolute atomic E-state index is 15.1. The molecule has 0 fully saturated rings. The molecule has 1 aromatic carbocycles. The number of halogens is 2. The molecule has 5 aromatic rings. The molecule has 1 N–H and O–H groups in total. The number of aryl methyl sites for hydroxylation is 1. The van der Waals surface area contributed by atoms with E-state index < -0.39 is 5.82 Å². The van der Waals surface area contributed by atoms with Crippen molar-refractivity contribution in [3.63, 3.8) is 0 Å². The van der Waals surface area contributed by atoms with Crippen molar-refractivity contribution in [2.75, 3.05) is 12.0 Å². The fourth-order valence-electron chi connectivity index (χ4n) is 3.47. The number of hydrogen-bond acceptors (Lipinski definition) is 7. The van der Waals surface area contributed by atoms with E-state index in [1.165, 1.54) is 19.2 Å². The number of ether oxygens (including phenoxy) is 1. The smallest absolute Gasteiger partial charge is 0.180 e. The molecule has 0 aliphatic rings. The highest BCUT2D eigenvalue weighted by Crippen LogP contribution is 2.40. The minimum atomic E-state index is -0.524. The largest absolute Gasteiger partial charge is 0.495 e.